The van der Waals surface area contributed by atoms with Crippen LogP contribution in [0, 0.1) is 11.7 Å². The normalized spacial score (nSPS) is 19.5. The Morgan fingerprint density at radius 3 is 2.54 bits per heavy atom. The lowest BCUT2D eigenvalue weighted by Gasteiger charge is -2.21. The topological polar surface area (TPSA) is 126 Å². The van der Waals surface area contributed by atoms with Crippen molar-refractivity contribution in [2.24, 2.45) is 5.92 Å². The lowest BCUT2D eigenvalue weighted by molar-refractivity contribution is -0.119. The summed E-state index contributed by atoms with van der Waals surface area (Å²) in [5.74, 6) is -2.51. The molecule has 0 saturated heterocycles. The van der Waals surface area contributed by atoms with Gasteiger partial charge < -0.3 is 10.6 Å². The number of carbonyl (C=O) groups is 2. The van der Waals surface area contributed by atoms with E-state index in [2.05, 4.69) is 16.0 Å². The van der Waals surface area contributed by atoms with E-state index in [1.807, 2.05) is 0 Å². The monoisotopic (exact) mass is 566 g/mol. The number of pyridine rings is 1. The Kier molecular flexibility index (Phi) is 8.12. The van der Waals surface area contributed by atoms with Crippen molar-refractivity contribution < 1.29 is 22.4 Å². The molecule has 1 saturated carbocycles. The predicted molar refractivity (Wildman–Crippen MR) is 141 cm³/mol. The molecule has 196 valence electrons. The summed E-state index contributed by atoms with van der Waals surface area (Å²) in [7, 11) is -3.35. The van der Waals surface area contributed by atoms with Crippen LogP contribution in [0.2, 0.25) is 4.34 Å². The summed E-state index contributed by atoms with van der Waals surface area (Å²) in [6, 6.07) is 10.7. The molecule has 3 atom stereocenters. The summed E-state index contributed by atoms with van der Waals surface area (Å²) in [4.78, 5) is 38.1. The minimum Gasteiger partial charge on any atom is -0.347 e. The minimum absolute atomic E-state index is 0.0564. The molecular weight excluding hydrogens is 543 g/mol. The van der Waals surface area contributed by atoms with Crippen LogP contribution >= 0.6 is 22.9 Å². The van der Waals surface area contributed by atoms with E-state index in [1.54, 1.807) is 24.3 Å². The smallest absolute Gasteiger partial charge is 0.261 e. The van der Waals surface area contributed by atoms with Crippen molar-refractivity contribution in [2.75, 3.05) is 17.4 Å². The Hall–Kier alpha value is -3.06. The van der Waals surface area contributed by atoms with E-state index in [1.165, 1.54) is 29.0 Å². The Morgan fingerprint density at radius 1 is 1.14 bits per heavy atom. The van der Waals surface area contributed by atoms with Gasteiger partial charge in [0, 0.05) is 42.6 Å². The molecule has 0 aliphatic heterocycles. The first-order valence-corrected chi connectivity index (χ1v) is 14.5. The number of halogens is 2. The number of nitrogens with one attached hydrogen (secondary N) is 3. The molecule has 3 aromatic rings. The van der Waals surface area contributed by atoms with Crippen LogP contribution < -0.4 is 21.5 Å². The molecule has 0 radical (unpaired) electrons. The van der Waals surface area contributed by atoms with E-state index < -0.39 is 39.6 Å². The number of sulfone groups is 1. The number of benzene rings is 1. The number of amides is 2. The lowest BCUT2D eigenvalue weighted by Crippen LogP contribution is -2.47. The molecule has 1 fully saturated rings. The number of aromatic nitrogens is 1. The van der Waals surface area contributed by atoms with Gasteiger partial charge in [0.15, 0.2) is 9.84 Å². The summed E-state index contributed by atoms with van der Waals surface area (Å²) >= 11 is 7.02. The zero-order valence-electron chi connectivity index (χ0n) is 19.6. The quantitative estimate of drug-likeness (QED) is 0.385. The van der Waals surface area contributed by atoms with E-state index in [9.17, 15) is 27.2 Å². The third-order valence-electron chi connectivity index (χ3n) is 5.97. The second-order valence-electron chi connectivity index (χ2n) is 8.80. The van der Waals surface area contributed by atoms with Crippen molar-refractivity contribution in [2.45, 2.75) is 24.9 Å². The van der Waals surface area contributed by atoms with Crippen LogP contribution in [0.4, 0.5) is 10.1 Å². The standard InChI is InChI=1S/C24H24ClFN4O5S2/c1-37(34,35)13-27-18-10-14(11-19(18)29-24(33)20-7-8-21(25)36-20)23(32)28-17-6-5-15(12-16(17)26)30-9-3-2-4-22(30)31/h2-9,12,14,18-19,27H,10-11,13H2,1H3,(H,28,32)(H,29,33)/t14?,18-,19?/m0/s1. The Labute approximate surface area is 221 Å². The van der Waals surface area contributed by atoms with Gasteiger partial charge in [0.1, 0.15) is 5.82 Å². The molecule has 3 N–H and O–H groups in total. The van der Waals surface area contributed by atoms with Crippen LogP contribution in [-0.4, -0.2) is 49.0 Å². The first kappa shape index (κ1) is 27.0. The molecular formula is C24H24ClFN4O5S2. The molecule has 37 heavy (non-hydrogen) atoms. The number of carbonyl (C=O) groups excluding carboxylic acids is 2. The predicted octanol–water partition coefficient (Wildman–Crippen LogP) is 2.80. The summed E-state index contributed by atoms with van der Waals surface area (Å²) in [5, 5.41) is 8.34. The first-order chi connectivity index (χ1) is 17.5. The zero-order valence-corrected chi connectivity index (χ0v) is 22.0. The SMILES string of the molecule is CS(=O)(=O)CN[C@H]1CC(C(=O)Nc2ccc(-n3ccccc3=O)cc2F)CC1NC(=O)c1ccc(Cl)s1. The molecule has 0 bridgehead atoms. The third kappa shape index (κ3) is 6.83. The second-order valence-corrected chi connectivity index (χ2v) is 12.7. The molecule has 1 aliphatic rings. The number of anilines is 1. The van der Waals surface area contributed by atoms with Crippen LogP contribution in [0.1, 0.15) is 22.5 Å². The third-order valence-corrected chi connectivity index (χ3v) is 7.89. The molecule has 9 nitrogen and oxygen atoms in total. The van der Waals surface area contributed by atoms with Crippen LogP contribution in [0.25, 0.3) is 5.69 Å². The fraction of sp³-hybridized carbons (Fsp3) is 0.292. The van der Waals surface area contributed by atoms with E-state index in [0.717, 1.165) is 23.7 Å². The van der Waals surface area contributed by atoms with Crippen LogP contribution in [0.15, 0.2) is 59.5 Å². The van der Waals surface area contributed by atoms with Gasteiger partial charge in [0.05, 0.1) is 26.5 Å². The number of thiophene rings is 1. The van der Waals surface area contributed by atoms with Crippen LogP contribution in [0.3, 0.4) is 0 Å². The summed E-state index contributed by atoms with van der Waals surface area (Å²) in [6.45, 7) is 0. The fourth-order valence-corrected chi connectivity index (χ4v) is 5.67. The maximum absolute atomic E-state index is 14.8. The second kappa shape index (κ2) is 11.1. The fourth-order valence-electron chi connectivity index (χ4n) is 4.20. The number of rotatable bonds is 8. The summed E-state index contributed by atoms with van der Waals surface area (Å²) in [6.07, 6.45) is 3.04. The van der Waals surface area contributed by atoms with Crippen molar-refractivity contribution in [3.05, 3.63) is 80.1 Å². The van der Waals surface area contributed by atoms with Gasteiger partial charge in [-0.05, 0) is 43.2 Å². The Balaban J connectivity index is 1.47. The van der Waals surface area contributed by atoms with Gasteiger partial charge in [0.2, 0.25) is 5.91 Å². The van der Waals surface area contributed by atoms with Crippen molar-refractivity contribution in [3.8, 4) is 5.69 Å². The van der Waals surface area contributed by atoms with Crippen molar-refractivity contribution in [3.63, 3.8) is 0 Å². The van der Waals surface area contributed by atoms with E-state index >= 15 is 0 Å². The van der Waals surface area contributed by atoms with Gasteiger partial charge in [-0.15, -0.1) is 11.3 Å². The largest absolute Gasteiger partial charge is 0.347 e. The highest BCUT2D eigenvalue weighted by Crippen LogP contribution is 2.30. The molecule has 1 aliphatic carbocycles. The van der Waals surface area contributed by atoms with Gasteiger partial charge in [-0.3, -0.25) is 24.3 Å². The molecule has 0 spiro atoms. The number of nitrogens with zero attached hydrogens (tertiary/aromatic N) is 1. The minimum atomic E-state index is -3.35. The lowest BCUT2D eigenvalue weighted by atomic mass is 10.1. The van der Waals surface area contributed by atoms with Crippen molar-refractivity contribution in [1.29, 1.82) is 0 Å². The molecule has 13 heteroatoms. The van der Waals surface area contributed by atoms with Crippen molar-refractivity contribution in [1.82, 2.24) is 15.2 Å². The Bertz CT molecular complexity index is 1490. The highest BCUT2D eigenvalue weighted by Gasteiger charge is 2.39. The van der Waals surface area contributed by atoms with Gasteiger partial charge >= 0.3 is 0 Å². The zero-order chi connectivity index (χ0) is 26.7. The van der Waals surface area contributed by atoms with E-state index in [4.69, 9.17) is 11.6 Å². The van der Waals surface area contributed by atoms with E-state index in [0.29, 0.717) is 14.9 Å². The molecule has 2 unspecified atom stereocenters. The average Bonchev–Trinajstić information content (AvgIpc) is 3.45. The summed E-state index contributed by atoms with van der Waals surface area (Å²) in [5.41, 5.74) is -0.0715. The molecule has 2 heterocycles. The van der Waals surface area contributed by atoms with Gasteiger partial charge in [-0.25, -0.2) is 12.8 Å². The Morgan fingerprint density at radius 2 is 1.89 bits per heavy atom. The van der Waals surface area contributed by atoms with Gasteiger partial charge in [-0.2, -0.15) is 0 Å². The van der Waals surface area contributed by atoms with Gasteiger partial charge in [0.25, 0.3) is 11.5 Å². The molecule has 2 aromatic heterocycles. The van der Waals surface area contributed by atoms with Gasteiger partial charge in [-0.1, -0.05) is 17.7 Å². The van der Waals surface area contributed by atoms with Crippen LogP contribution in [-0.2, 0) is 14.6 Å². The molecule has 2 amide bonds. The highest BCUT2D eigenvalue weighted by molar-refractivity contribution is 7.90. The number of hydrogen-bond acceptors (Lipinski definition) is 7. The number of hydrogen-bond donors (Lipinski definition) is 3. The maximum Gasteiger partial charge on any atom is 0.261 e. The summed E-state index contributed by atoms with van der Waals surface area (Å²) < 4.78 is 39.9. The van der Waals surface area contributed by atoms with Crippen molar-refractivity contribution >= 4 is 50.3 Å². The molecule has 4 rings (SSSR count). The maximum atomic E-state index is 14.8. The first-order valence-electron chi connectivity index (χ1n) is 11.3. The van der Waals surface area contributed by atoms with Crippen LogP contribution in [0.5, 0.6) is 0 Å². The average molecular weight is 567 g/mol. The molecule has 1 aromatic carbocycles. The van der Waals surface area contributed by atoms with E-state index in [-0.39, 0.29) is 35.9 Å². The highest BCUT2D eigenvalue weighted by atomic mass is 35.5.